The second-order valence-electron chi connectivity index (χ2n) is 3.00. The summed E-state index contributed by atoms with van der Waals surface area (Å²) in [6, 6.07) is 17.8. The van der Waals surface area contributed by atoms with E-state index in [9.17, 15) is 0 Å². The summed E-state index contributed by atoms with van der Waals surface area (Å²) >= 11 is 7.57. The van der Waals surface area contributed by atoms with Crippen LogP contribution in [-0.4, -0.2) is 0 Å². The minimum absolute atomic E-state index is 0.737. The molecule has 0 fully saturated rings. The van der Waals surface area contributed by atoms with Crippen LogP contribution >= 0.6 is 23.5 Å². The molecule has 2 rings (SSSR count). The van der Waals surface area contributed by atoms with Crippen molar-refractivity contribution in [3.8, 4) is 0 Å². The Morgan fingerprint density at radius 2 is 1.53 bits per heavy atom. The van der Waals surface area contributed by atoms with Gasteiger partial charge in [-0.1, -0.05) is 41.9 Å². The van der Waals surface area contributed by atoms with Crippen LogP contribution in [0.25, 0.3) is 0 Å². The van der Waals surface area contributed by atoms with Crippen LogP contribution in [0.3, 0.4) is 0 Å². The molecule has 0 radical (unpaired) electrons. The third-order valence-corrected chi connectivity index (χ3v) is 3.06. The lowest BCUT2D eigenvalue weighted by Gasteiger charge is -2.06. The quantitative estimate of drug-likeness (QED) is 0.789. The van der Waals surface area contributed by atoms with Crippen molar-refractivity contribution in [3.05, 3.63) is 59.6 Å². The predicted octanol–water partition coefficient (Wildman–Crippen LogP) is 4.46. The Morgan fingerprint density at radius 3 is 2.27 bits per heavy atom. The maximum Gasteiger partial charge on any atom is 0.0646 e. The molecule has 0 atom stereocenters. The molecule has 1 nitrogen and oxygen atoms in total. The molecular formula is C12H10ClNS. The smallest absolute Gasteiger partial charge is 0.0646 e. The lowest BCUT2D eigenvalue weighted by atomic mass is 10.3. The highest BCUT2D eigenvalue weighted by molar-refractivity contribution is 8.00. The Labute approximate surface area is 98.6 Å². The van der Waals surface area contributed by atoms with Crippen molar-refractivity contribution in [2.24, 2.45) is 0 Å². The molecular weight excluding hydrogens is 226 g/mol. The molecule has 76 valence electrons. The lowest BCUT2D eigenvalue weighted by Crippen LogP contribution is -1.86. The fourth-order valence-corrected chi connectivity index (χ4v) is 2.08. The summed E-state index contributed by atoms with van der Waals surface area (Å²) in [6.45, 7) is 0. The summed E-state index contributed by atoms with van der Waals surface area (Å²) in [5, 5.41) is 0.737. The Hall–Kier alpha value is -1.12. The average Bonchev–Trinajstić information content (AvgIpc) is 2.29. The van der Waals surface area contributed by atoms with E-state index in [1.165, 1.54) is 0 Å². The summed E-state index contributed by atoms with van der Waals surface area (Å²) in [7, 11) is 0. The van der Waals surface area contributed by atoms with Crippen LogP contribution in [0.5, 0.6) is 0 Å². The first-order chi connectivity index (χ1) is 7.36. The van der Waals surface area contributed by atoms with Crippen LogP contribution in [0.1, 0.15) is 0 Å². The first-order valence-electron chi connectivity index (χ1n) is 4.59. The van der Waals surface area contributed by atoms with Crippen LogP contribution < -0.4 is 4.72 Å². The molecule has 3 heteroatoms. The maximum absolute atomic E-state index is 6.01. The molecule has 0 amide bonds. The molecule has 2 aromatic carbocycles. The SMILES string of the molecule is Clc1ccccc1NSc1ccccc1. The van der Waals surface area contributed by atoms with Crippen LogP contribution in [0.2, 0.25) is 5.02 Å². The summed E-state index contributed by atoms with van der Waals surface area (Å²) in [6.07, 6.45) is 0. The predicted molar refractivity (Wildman–Crippen MR) is 67.4 cm³/mol. The van der Waals surface area contributed by atoms with Crippen molar-refractivity contribution < 1.29 is 0 Å². The van der Waals surface area contributed by atoms with Gasteiger partial charge in [0.05, 0.1) is 10.7 Å². The number of anilines is 1. The van der Waals surface area contributed by atoms with E-state index in [1.54, 1.807) is 11.9 Å². The molecule has 0 unspecified atom stereocenters. The number of halogens is 1. The number of hydrogen-bond acceptors (Lipinski definition) is 2. The molecule has 0 aliphatic carbocycles. The molecule has 0 aliphatic heterocycles. The van der Waals surface area contributed by atoms with Gasteiger partial charge in [-0.2, -0.15) is 0 Å². The van der Waals surface area contributed by atoms with Crippen LogP contribution in [-0.2, 0) is 0 Å². The van der Waals surface area contributed by atoms with Crippen molar-refractivity contribution in [1.29, 1.82) is 0 Å². The minimum Gasteiger partial charge on any atom is -0.324 e. The number of para-hydroxylation sites is 1. The Bertz CT molecular complexity index is 431. The van der Waals surface area contributed by atoms with Gasteiger partial charge in [-0.25, -0.2) is 0 Å². The number of benzene rings is 2. The van der Waals surface area contributed by atoms with Crippen molar-refractivity contribution in [2.45, 2.75) is 4.90 Å². The van der Waals surface area contributed by atoms with Gasteiger partial charge in [0.15, 0.2) is 0 Å². The van der Waals surface area contributed by atoms with Gasteiger partial charge in [-0.15, -0.1) is 0 Å². The van der Waals surface area contributed by atoms with Crippen LogP contribution in [0.15, 0.2) is 59.5 Å². The van der Waals surface area contributed by atoms with Gasteiger partial charge in [0.1, 0.15) is 0 Å². The van der Waals surface area contributed by atoms with Crippen molar-refractivity contribution >= 4 is 29.2 Å². The van der Waals surface area contributed by atoms with E-state index >= 15 is 0 Å². The third kappa shape index (κ3) is 2.91. The molecule has 0 aliphatic rings. The topological polar surface area (TPSA) is 12.0 Å². The van der Waals surface area contributed by atoms with E-state index in [-0.39, 0.29) is 0 Å². The summed E-state index contributed by atoms with van der Waals surface area (Å²) in [4.78, 5) is 1.16. The highest BCUT2D eigenvalue weighted by atomic mass is 35.5. The fourth-order valence-electron chi connectivity index (χ4n) is 1.15. The minimum atomic E-state index is 0.737. The Balaban J connectivity index is 2.03. The first-order valence-corrected chi connectivity index (χ1v) is 5.78. The van der Waals surface area contributed by atoms with E-state index in [0.29, 0.717) is 0 Å². The van der Waals surface area contributed by atoms with E-state index in [1.807, 2.05) is 42.5 Å². The van der Waals surface area contributed by atoms with Gasteiger partial charge < -0.3 is 4.72 Å². The fraction of sp³-hybridized carbons (Fsp3) is 0. The molecule has 0 spiro atoms. The van der Waals surface area contributed by atoms with Crippen molar-refractivity contribution in [3.63, 3.8) is 0 Å². The standard InChI is InChI=1S/C12H10ClNS/c13-11-8-4-5-9-12(11)14-15-10-6-2-1-3-7-10/h1-9,14H. The Kier molecular flexibility index (Phi) is 3.54. The molecule has 15 heavy (non-hydrogen) atoms. The summed E-state index contributed by atoms with van der Waals surface area (Å²) in [5.74, 6) is 0. The van der Waals surface area contributed by atoms with E-state index in [2.05, 4.69) is 16.9 Å². The normalized spacial score (nSPS) is 9.93. The van der Waals surface area contributed by atoms with Crippen molar-refractivity contribution in [2.75, 3.05) is 4.72 Å². The first kappa shape index (κ1) is 10.4. The zero-order valence-electron chi connectivity index (χ0n) is 7.98. The van der Waals surface area contributed by atoms with Gasteiger partial charge in [-0.05, 0) is 36.2 Å². The van der Waals surface area contributed by atoms with Gasteiger partial charge in [0.2, 0.25) is 0 Å². The second kappa shape index (κ2) is 5.10. The second-order valence-corrected chi connectivity index (χ2v) is 4.28. The highest BCUT2D eigenvalue weighted by Gasteiger charge is 1.98. The molecule has 2 aromatic rings. The number of hydrogen-bond donors (Lipinski definition) is 1. The van der Waals surface area contributed by atoms with Crippen LogP contribution in [0, 0.1) is 0 Å². The largest absolute Gasteiger partial charge is 0.324 e. The maximum atomic E-state index is 6.01. The Morgan fingerprint density at radius 1 is 0.867 bits per heavy atom. The summed E-state index contributed by atoms with van der Waals surface area (Å²) in [5.41, 5.74) is 0.938. The summed E-state index contributed by atoms with van der Waals surface area (Å²) < 4.78 is 3.21. The molecule has 0 saturated heterocycles. The molecule has 0 saturated carbocycles. The molecule has 1 N–H and O–H groups in total. The molecule has 0 bridgehead atoms. The zero-order valence-corrected chi connectivity index (χ0v) is 9.55. The van der Waals surface area contributed by atoms with Gasteiger partial charge >= 0.3 is 0 Å². The van der Waals surface area contributed by atoms with Crippen molar-refractivity contribution in [1.82, 2.24) is 0 Å². The number of nitrogens with one attached hydrogen (secondary N) is 1. The van der Waals surface area contributed by atoms with Gasteiger partial charge in [0.25, 0.3) is 0 Å². The average molecular weight is 236 g/mol. The van der Waals surface area contributed by atoms with E-state index in [0.717, 1.165) is 15.6 Å². The van der Waals surface area contributed by atoms with Gasteiger partial charge in [-0.3, -0.25) is 0 Å². The van der Waals surface area contributed by atoms with E-state index in [4.69, 9.17) is 11.6 Å². The monoisotopic (exact) mass is 235 g/mol. The zero-order chi connectivity index (χ0) is 10.5. The number of rotatable bonds is 3. The molecule has 0 heterocycles. The lowest BCUT2D eigenvalue weighted by molar-refractivity contribution is 1.47. The van der Waals surface area contributed by atoms with E-state index < -0.39 is 0 Å². The molecule has 0 aromatic heterocycles. The van der Waals surface area contributed by atoms with Crippen LogP contribution in [0.4, 0.5) is 5.69 Å². The highest BCUT2D eigenvalue weighted by Crippen LogP contribution is 2.26. The third-order valence-electron chi connectivity index (χ3n) is 1.90. The van der Waals surface area contributed by atoms with Gasteiger partial charge in [0, 0.05) is 4.90 Å².